The highest BCUT2D eigenvalue weighted by atomic mass is 16.5. The Bertz CT molecular complexity index is 886. The number of ether oxygens (including phenoxy) is 1. The summed E-state index contributed by atoms with van der Waals surface area (Å²) in [5.74, 6) is 1.49. The van der Waals surface area contributed by atoms with Crippen LogP contribution in [0.5, 0.6) is 5.88 Å². The second kappa shape index (κ2) is 8.39. The number of pyridine rings is 1. The van der Waals surface area contributed by atoms with Gasteiger partial charge in [0.05, 0.1) is 35.4 Å². The molecule has 2 atom stereocenters. The zero-order chi connectivity index (χ0) is 20.4. The molecule has 0 radical (unpaired) electrons. The Morgan fingerprint density at radius 2 is 1.89 bits per heavy atom. The Kier molecular flexibility index (Phi) is 6.14. The minimum absolute atomic E-state index is 0.204. The fourth-order valence-electron chi connectivity index (χ4n) is 3.94. The summed E-state index contributed by atoms with van der Waals surface area (Å²) in [6, 6.07) is 4.07. The number of hydrogen-bond donors (Lipinski definition) is 1. The normalized spacial score (nSPS) is 17.3. The second-order valence-electron chi connectivity index (χ2n) is 7.97. The predicted molar refractivity (Wildman–Crippen MR) is 112 cm³/mol. The fourth-order valence-corrected chi connectivity index (χ4v) is 3.94. The number of aromatic nitrogens is 3. The van der Waals surface area contributed by atoms with Gasteiger partial charge in [-0.15, -0.1) is 0 Å². The van der Waals surface area contributed by atoms with Gasteiger partial charge in [0.1, 0.15) is 0 Å². The SMILES string of the molecule is CC[C@H](CO)C1C=C(C)c2nc(-c3ccc(C(C)C)nc3OC)c(C)nc2C1. The van der Waals surface area contributed by atoms with Gasteiger partial charge in [-0.1, -0.05) is 33.3 Å². The van der Waals surface area contributed by atoms with Crippen LogP contribution in [0, 0.1) is 18.8 Å². The van der Waals surface area contributed by atoms with Crippen LogP contribution in [0.3, 0.4) is 0 Å². The third kappa shape index (κ3) is 3.81. The summed E-state index contributed by atoms with van der Waals surface area (Å²) in [5.41, 5.74) is 6.65. The Hall–Kier alpha value is -2.27. The van der Waals surface area contributed by atoms with Gasteiger partial charge in [-0.05, 0) is 55.7 Å². The summed E-state index contributed by atoms with van der Waals surface area (Å²) < 4.78 is 5.57. The number of aryl methyl sites for hydroxylation is 1. The van der Waals surface area contributed by atoms with Crippen molar-refractivity contribution in [2.75, 3.05) is 13.7 Å². The minimum atomic E-state index is 0.204. The van der Waals surface area contributed by atoms with E-state index in [0.717, 1.165) is 52.4 Å². The predicted octanol–water partition coefficient (Wildman–Crippen LogP) is 4.57. The number of aliphatic hydroxyl groups is 1. The first-order valence-corrected chi connectivity index (χ1v) is 10.1. The highest BCUT2D eigenvalue weighted by Crippen LogP contribution is 2.36. The Morgan fingerprint density at radius 3 is 2.50 bits per heavy atom. The van der Waals surface area contributed by atoms with Crippen LogP contribution in [0.25, 0.3) is 16.8 Å². The average Bonchev–Trinajstić information content (AvgIpc) is 2.68. The molecule has 28 heavy (non-hydrogen) atoms. The number of aliphatic hydroxyl groups excluding tert-OH is 1. The first kappa shape index (κ1) is 20.5. The topological polar surface area (TPSA) is 68.1 Å². The molecule has 0 aliphatic heterocycles. The van der Waals surface area contributed by atoms with Crippen molar-refractivity contribution in [3.63, 3.8) is 0 Å². The van der Waals surface area contributed by atoms with Gasteiger partial charge < -0.3 is 9.84 Å². The quantitative estimate of drug-likeness (QED) is 0.794. The summed E-state index contributed by atoms with van der Waals surface area (Å²) in [5, 5.41) is 9.69. The largest absolute Gasteiger partial charge is 0.480 e. The van der Waals surface area contributed by atoms with Crippen LogP contribution in [-0.4, -0.2) is 33.8 Å². The van der Waals surface area contributed by atoms with Crippen LogP contribution in [0.4, 0.5) is 0 Å². The molecule has 0 fully saturated rings. The molecule has 2 aromatic rings. The first-order chi connectivity index (χ1) is 13.4. The van der Waals surface area contributed by atoms with Crippen LogP contribution in [-0.2, 0) is 6.42 Å². The maximum Gasteiger partial charge on any atom is 0.222 e. The first-order valence-electron chi connectivity index (χ1n) is 10.1. The van der Waals surface area contributed by atoms with Gasteiger partial charge in [0.2, 0.25) is 5.88 Å². The van der Waals surface area contributed by atoms with Gasteiger partial charge in [-0.2, -0.15) is 0 Å². The van der Waals surface area contributed by atoms with Crippen molar-refractivity contribution >= 4 is 5.57 Å². The lowest BCUT2D eigenvalue weighted by molar-refractivity contribution is 0.188. The van der Waals surface area contributed by atoms with Gasteiger partial charge >= 0.3 is 0 Å². The molecule has 1 aliphatic rings. The van der Waals surface area contributed by atoms with Crippen molar-refractivity contribution in [1.29, 1.82) is 0 Å². The maximum atomic E-state index is 9.69. The van der Waals surface area contributed by atoms with Gasteiger partial charge in [0.15, 0.2) is 0 Å². The number of rotatable bonds is 6. The molecule has 2 heterocycles. The highest BCUT2D eigenvalue weighted by molar-refractivity contribution is 5.72. The molecule has 3 rings (SSSR count). The van der Waals surface area contributed by atoms with Crippen LogP contribution >= 0.6 is 0 Å². The van der Waals surface area contributed by atoms with E-state index in [4.69, 9.17) is 14.7 Å². The third-order valence-electron chi connectivity index (χ3n) is 5.70. The summed E-state index contributed by atoms with van der Waals surface area (Å²) >= 11 is 0. The van der Waals surface area contributed by atoms with Crippen molar-refractivity contribution < 1.29 is 9.84 Å². The zero-order valence-electron chi connectivity index (χ0n) is 17.8. The highest BCUT2D eigenvalue weighted by Gasteiger charge is 2.27. The molecule has 0 amide bonds. The molecule has 0 spiro atoms. The van der Waals surface area contributed by atoms with Crippen molar-refractivity contribution in [2.45, 2.75) is 53.4 Å². The van der Waals surface area contributed by atoms with Crippen LogP contribution in [0.1, 0.15) is 62.8 Å². The summed E-state index contributed by atoms with van der Waals surface area (Å²) in [7, 11) is 1.65. The van der Waals surface area contributed by atoms with Gasteiger partial charge in [-0.25, -0.2) is 9.97 Å². The van der Waals surface area contributed by atoms with Crippen LogP contribution in [0.2, 0.25) is 0 Å². The lowest BCUT2D eigenvalue weighted by Gasteiger charge is -2.27. The molecule has 0 saturated carbocycles. The molecule has 0 aromatic carbocycles. The molecule has 2 aromatic heterocycles. The van der Waals surface area contributed by atoms with E-state index in [1.165, 1.54) is 0 Å². The molecule has 1 aliphatic carbocycles. The third-order valence-corrected chi connectivity index (χ3v) is 5.70. The lowest BCUT2D eigenvalue weighted by Crippen LogP contribution is -2.23. The van der Waals surface area contributed by atoms with E-state index < -0.39 is 0 Å². The van der Waals surface area contributed by atoms with Crippen molar-refractivity contribution in [1.82, 2.24) is 15.0 Å². The van der Waals surface area contributed by atoms with E-state index in [0.29, 0.717) is 17.7 Å². The molecule has 0 saturated heterocycles. The summed E-state index contributed by atoms with van der Waals surface area (Å²) in [4.78, 5) is 14.5. The van der Waals surface area contributed by atoms with Crippen LogP contribution in [0.15, 0.2) is 18.2 Å². The number of fused-ring (bicyclic) bond motifs is 1. The fraction of sp³-hybridized carbons (Fsp3) is 0.522. The van der Waals surface area contributed by atoms with E-state index in [2.05, 4.69) is 38.8 Å². The number of nitrogens with zero attached hydrogens (tertiary/aromatic N) is 3. The maximum absolute atomic E-state index is 9.69. The van der Waals surface area contributed by atoms with Crippen molar-refractivity contribution in [3.05, 3.63) is 41.0 Å². The average molecular weight is 382 g/mol. The molecule has 1 unspecified atom stereocenters. The molecule has 5 heteroatoms. The summed E-state index contributed by atoms with van der Waals surface area (Å²) in [6.45, 7) is 10.6. The minimum Gasteiger partial charge on any atom is -0.480 e. The standard InChI is InChI=1S/C23H31N3O2/c1-7-16(12-27)17-10-14(4)21-20(11-17)24-15(5)22(26-21)18-8-9-19(13(2)3)25-23(18)28-6/h8-10,13,16-17,27H,7,11-12H2,1-6H3/t16-,17?/m1/s1. The second-order valence-corrected chi connectivity index (χ2v) is 7.97. The monoisotopic (exact) mass is 381 g/mol. The van der Waals surface area contributed by atoms with Gasteiger partial charge in [0, 0.05) is 12.3 Å². The molecule has 1 N–H and O–H groups in total. The van der Waals surface area contributed by atoms with Gasteiger partial charge in [-0.3, -0.25) is 4.98 Å². The summed E-state index contributed by atoms with van der Waals surface area (Å²) in [6.07, 6.45) is 4.02. The molecule has 150 valence electrons. The Balaban J connectivity index is 2.06. The number of methoxy groups -OCH3 is 1. The zero-order valence-corrected chi connectivity index (χ0v) is 17.8. The number of allylic oxidation sites excluding steroid dienone is 2. The van der Waals surface area contributed by atoms with Gasteiger partial charge in [0.25, 0.3) is 0 Å². The Morgan fingerprint density at radius 1 is 1.14 bits per heavy atom. The van der Waals surface area contributed by atoms with E-state index in [-0.39, 0.29) is 12.5 Å². The molecule has 5 nitrogen and oxygen atoms in total. The molecule has 0 bridgehead atoms. The lowest BCUT2D eigenvalue weighted by atomic mass is 9.81. The molecular formula is C23H31N3O2. The van der Waals surface area contributed by atoms with Crippen molar-refractivity contribution in [3.8, 4) is 17.1 Å². The van der Waals surface area contributed by atoms with E-state index in [1.54, 1.807) is 7.11 Å². The molecular weight excluding hydrogens is 350 g/mol. The van der Waals surface area contributed by atoms with E-state index in [1.807, 2.05) is 19.1 Å². The smallest absolute Gasteiger partial charge is 0.222 e. The van der Waals surface area contributed by atoms with E-state index >= 15 is 0 Å². The van der Waals surface area contributed by atoms with E-state index in [9.17, 15) is 5.11 Å². The Labute approximate surface area is 167 Å². The van der Waals surface area contributed by atoms with Crippen molar-refractivity contribution in [2.24, 2.45) is 11.8 Å². The number of hydrogen-bond acceptors (Lipinski definition) is 5. The van der Waals surface area contributed by atoms with Crippen LogP contribution < -0.4 is 4.74 Å².